The molecule has 0 bridgehead atoms. The lowest BCUT2D eigenvalue weighted by Crippen LogP contribution is -2.16. The molecule has 0 spiro atoms. The van der Waals surface area contributed by atoms with E-state index in [1.807, 2.05) is 17.9 Å². The van der Waals surface area contributed by atoms with E-state index in [0.717, 1.165) is 22.8 Å². The Balaban J connectivity index is 1.96. The molecule has 1 N–H and O–H groups in total. The molecule has 1 fully saturated rings. The van der Waals surface area contributed by atoms with E-state index in [1.165, 1.54) is 12.8 Å². The molecule has 0 amide bonds. The van der Waals surface area contributed by atoms with Gasteiger partial charge < -0.3 is 5.32 Å². The summed E-state index contributed by atoms with van der Waals surface area (Å²) in [7, 11) is 1.94. The fourth-order valence-electron chi connectivity index (χ4n) is 1.15. The van der Waals surface area contributed by atoms with Crippen molar-refractivity contribution in [2.75, 3.05) is 0 Å². The molecule has 0 radical (unpaired) electrons. The number of aromatic nitrogens is 2. The summed E-state index contributed by atoms with van der Waals surface area (Å²) in [4.78, 5) is 0. The molecule has 1 aromatic rings. The van der Waals surface area contributed by atoms with Crippen LogP contribution in [0.1, 0.15) is 18.5 Å². The van der Waals surface area contributed by atoms with Gasteiger partial charge in [0, 0.05) is 25.8 Å². The highest BCUT2D eigenvalue weighted by atomic mass is 79.9. The summed E-state index contributed by atoms with van der Waals surface area (Å²) < 4.78 is 2.92. The Bertz CT molecular complexity index is 278. The standard InChI is InChI=1S/C8H12BrN3/c1-12-5-7(9)8(11-12)4-10-6-2-3-6/h5-6,10H,2-4H2,1H3. The lowest BCUT2D eigenvalue weighted by Gasteiger charge is -1.98. The third-order valence-electron chi connectivity index (χ3n) is 1.99. The van der Waals surface area contributed by atoms with Crippen LogP contribution >= 0.6 is 15.9 Å². The van der Waals surface area contributed by atoms with E-state index in [0.29, 0.717) is 0 Å². The van der Waals surface area contributed by atoms with Crippen LogP contribution in [0.15, 0.2) is 10.7 Å². The van der Waals surface area contributed by atoms with E-state index in [2.05, 4.69) is 26.3 Å². The molecule has 1 aliphatic carbocycles. The van der Waals surface area contributed by atoms with Crippen molar-refractivity contribution in [2.24, 2.45) is 7.05 Å². The maximum absolute atomic E-state index is 4.32. The predicted molar refractivity (Wildman–Crippen MR) is 50.8 cm³/mol. The molecule has 0 saturated heterocycles. The first-order valence-corrected chi connectivity index (χ1v) is 4.96. The second kappa shape index (κ2) is 3.18. The van der Waals surface area contributed by atoms with Crippen molar-refractivity contribution in [3.8, 4) is 0 Å². The van der Waals surface area contributed by atoms with Crippen LogP contribution in [0.4, 0.5) is 0 Å². The third-order valence-corrected chi connectivity index (χ3v) is 2.65. The molecule has 66 valence electrons. The van der Waals surface area contributed by atoms with E-state index in [1.54, 1.807) is 0 Å². The first kappa shape index (κ1) is 8.26. The van der Waals surface area contributed by atoms with Crippen LogP contribution in [-0.4, -0.2) is 15.8 Å². The number of nitrogens with zero attached hydrogens (tertiary/aromatic N) is 2. The molecule has 1 aromatic heterocycles. The number of rotatable bonds is 3. The van der Waals surface area contributed by atoms with Crippen LogP contribution in [0.3, 0.4) is 0 Å². The molecule has 12 heavy (non-hydrogen) atoms. The van der Waals surface area contributed by atoms with Gasteiger partial charge >= 0.3 is 0 Å². The minimum absolute atomic E-state index is 0.749. The van der Waals surface area contributed by atoms with Gasteiger partial charge in [0.2, 0.25) is 0 Å². The van der Waals surface area contributed by atoms with Gasteiger partial charge in [-0.05, 0) is 28.8 Å². The Morgan fingerprint density at radius 2 is 2.50 bits per heavy atom. The van der Waals surface area contributed by atoms with Crippen LogP contribution < -0.4 is 5.32 Å². The van der Waals surface area contributed by atoms with E-state index in [4.69, 9.17) is 0 Å². The highest BCUT2D eigenvalue weighted by Gasteiger charge is 2.20. The molecule has 1 heterocycles. The van der Waals surface area contributed by atoms with Crippen molar-refractivity contribution >= 4 is 15.9 Å². The van der Waals surface area contributed by atoms with Gasteiger partial charge in [0.25, 0.3) is 0 Å². The zero-order chi connectivity index (χ0) is 8.55. The summed E-state index contributed by atoms with van der Waals surface area (Å²) in [6.07, 6.45) is 4.62. The molecule has 4 heteroatoms. The molecule has 3 nitrogen and oxygen atoms in total. The molecular weight excluding hydrogens is 218 g/mol. The predicted octanol–water partition coefficient (Wildman–Crippen LogP) is 1.43. The summed E-state index contributed by atoms with van der Waals surface area (Å²) in [6.45, 7) is 0.881. The topological polar surface area (TPSA) is 29.9 Å². The van der Waals surface area contributed by atoms with Gasteiger partial charge in [-0.15, -0.1) is 0 Å². The van der Waals surface area contributed by atoms with Crippen LogP contribution in [0.25, 0.3) is 0 Å². The average molecular weight is 230 g/mol. The minimum Gasteiger partial charge on any atom is -0.308 e. The van der Waals surface area contributed by atoms with Crippen molar-refractivity contribution in [2.45, 2.75) is 25.4 Å². The molecule has 0 aliphatic heterocycles. The van der Waals surface area contributed by atoms with Crippen molar-refractivity contribution in [1.29, 1.82) is 0 Å². The zero-order valence-corrected chi connectivity index (χ0v) is 8.63. The van der Waals surface area contributed by atoms with Crippen LogP contribution in [0, 0.1) is 0 Å². The second-order valence-electron chi connectivity index (χ2n) is 3.25. The quantitative estimate of drug-likeness (QED) is 0.851. The number of halogens is 1. The van der Waals surface area contributed by atoms with Gasteiger partial charge in [-0.3, -0.25) is 4.68 Å². The summed E-state index contributed by atoms with van der Waals surface area (Å²) >= 11 is 3.46. The van der Waals surface area contributed by atoms with E-state index in [-0.39, 0.29) is 0 Å². The van der Waals surface area contributed by atoms with Crippen molar-refractivity contribution in [1.82, 2.24) is 15.1 Å². The number of nitrogens with one attached hydrogen (secondary N) is 1. The molecule has 2 rings (SSSR count). The summed E-state index contributed by atoms with van der Waals surface area (Å²) in [5, 5.41) is 7.74. The van der Waals surface area contributed by atoms with Crippen LogP contribution in [0.5, 0.6) is 0 Å². The lowest BCUT2D eigenvalue weighted by molar-refractivity contribution is 0.651. The summed E-state index contributed by atoms with van der Waals surface area (Å²) in [6, 6.07) is 0.749. The van der Waals surface area contributed by atoms with Crippen molar-refractivity contribution in [3.05, 3.63) is 16.4 Å². The van der Waals surface area contributed by atoms with Gasteiger partial charge in [-0.25, -0.2) is 0 Å². The molecule has 0 atom stereocenters. The Kier molecular flexibility index (Phi) is 2.19. The second-order valence-corrected chi connectivity index (χ2v) is 4.11. The zero-order valence-electron chi connectivity index (χ0n) is 7.05. The third kappa shape index (κ3) is 1.87. The monoisotopic (exact) mass is 229 g/mol. The van der Waals surface area contributed by atoms with Gasteiger partial charge in [0.15, 0.2) is 0 Å². The van der Waals surface area contributed by atoms with Gasteiger partial charge in [-0.1, -0.05) is 0 Å². The fourth-order valence-corrected chi connectivity index (χ4v) is 1.67. The maximum Gasteiger partial charge on any atom is 0.0904 e. The van der Waals surface area contributed by atoms with E-state index < -0.39 is 0 Å². The number of hydrogen-bond acceptors (Lipinski definition) is 2. The Hall–Kier alpha value is -0.350. The van der Waals surface area contributed by atoms with Crippen molar-refractivity contribution in [3.63, 3.8) is 0 Å². The number of hydrogen-bond donors (Lipinski definition) is 1. The largest absolute Gasteiger partial charge is 0.308 e. The smallest absolute Gasteiger partial charge is 0.0904 e. The molecule has 0 unspecified atom stereocenters. The van der Waals surface area contributed by atoms with Crippen molar-refractivity contribution < 1.29 is 0 Å². The van der Waals surface area contributed by atoms with Gasteiger partial charge in [0.1, 0.15) is 0 Å². The van der Waals surface area contributed by atoms with Gasteiger partial charge in [0.05, 0.1) is 10.2 Å². The molecule has 1 saturated carbocycles. The maximum atomic E-state index is 4.32. The van der Waals surface area contributed by atoms with E-state index >= 15 is 0 Å². The lowest BCUT2D eigenvalue weighted by atomic mass is 10.4. The SMILES string of the molecule is Cn1cc(Br)c(CNC2CC2)n1. The molecular formula is C8H12BrN3. The molecule has 1 aliphatic rings. The fraction of sp³-hybridized carbons (Fsp3) is 0.625. The minimum atomic E-state index is 0.749. The first-order chi connectivity index (χ1) is 5.75. The Labute approximate surface area is 80.3 Å². The highest BCUT2D eigenvalue weighted by Crippen LogP contribution is 2.20. The highest BCUT2D eigenvalue weighted by molar-refractivity contribution is 9.10. The number of aryl methyl sites for hydroxylation is 1. The summed E-state index contributed by atoms with van der Waals surface area (Å²) in [5.74, 6) is 0. The Morgan fingerprint density at radius 3 is 3.00 bits per heavy atom. The van der Waals surface area contributed by atoms with Gasteiger partial charge in [-0.2, -0.15) is 5.10 Å². The Morgan fingerprint density at radius 1 is 1.75 bits per heavy atom. The average Bonchev–Trinajstić information content (AvgIpc) is 2.76. The summed E-state index contributed by atoms with van der Waals surface area (Å²) in [5.41, 5.74) is 1.10. The van der Waals surface area contributed by atoms with Crippen LogP contribution in [-0.2, 0) is 13.6 Å². The molecule has 0 aromatic carbocycles. The first-order valence-electron chi connectivity index (χ1n) is 4.17. The van der Waals surface area contributed by atoms with Crippen LogP contribution in [0.2, 0.25) is 0 Å². The van der Waals surface area contributed by atoms with E-state index in [9.17, 15) is 0 Å². The normalized spacial score (nSPS) is 16.8.